The number of aromatic nitrogens is 2. The third-order valence-corrected chi connectivity index (χ3v) is 7.18. The third-order valence-electron chi connectivity index (χ3n) is 6.40. The van der Waals surface area contributed by atoms with Gasteiger partial charge in [0.1, 0.15) is 0 Å². The molecule has 3 aromatic rings. The first-order chi connectivity index (χ1) is 13.6. The van der Waals surface area contributed by atoms with Crippen molar-refractivity contribution in [3.05, 3.63) is 69.5 Å². The summed E-state index contributed by atoms with van der Waals surface area (Å²) in [6.45, 7) is 0. The van der Waals surface area contributed by atoms with Crippen molar-refractivity contribution in [1.82, 2.24) is 15.0 Å². The Kier molecular flexibility index (Phi) is 4.77. The molecule has 144 valence electrons. The molecule has 28 heavy (non-hydrogen) atoms. The van der Waals surface area contributed by atoms with E-state index in [1.54, 1.807) is 0 Å². The summed E-state index contributed by atoms with van der Waals surface area (Å²) in [5.74, 6) is 1.96. The van der Waals surface area contributed by atoms with E-state index in [4.69, 9.17) is 21.1 Å². The molecular weight excluding hydrogens is 438 g/mol. The van der Waals surface area contributed by atoms with Crippen LogP contribution in [0.2, 0.25) is 5.02 Å². The molecule has 4 nitrogen and oxygen atoms in total. The van der Waals surface area contributed by atoms with Crippen molar-refractivity contribution in [2.24, 2.45) is 0 Å². The van der Waals surface area contributed by atoms with Crippen LogP contribution in [0.15, 0.2) is 57.5 Å². The van der Waals surface area contributed by atoms with E-state index in [1.165, 1.54) is 18.4 Å². The molecule has 0 unspecified atom stereocenters. The molecule has 3 heterocycles. The van der Waals surface area contributed by atoms with Gasteiger partial charge in [-0.1, -0.05) is 44.8 Å². The predicted molar refractivity (Wildman–Crippen MR) is 114 cm³/mol. The number of hydrogen-bond donors (Lipinski definition) is 0. The normalized spacial score (nSPS) is 27.2. The SMILES string of the molecule is CN1[C@H]2CC[C@@H]1[C@@H](c1nc(-c3ccc(Br)cc3)no1)[C@@H](c1ccc(Cl)cc1)C2. The Bertz CT molecular complexity index is 972. The lowest BCUT2D eigenvalue weighted by Crippen LogP contribution is -2.44. The van der Waals surface area contributed by atoms with E-state index in [-0.39, 0.29) is 5.92 Å². The molecule has 0 spiro atoms. The number of piperidine rings is 1. The quantitative estimate of drug-likeness (QED) is 0.491. The maximum atomic E-state index is 6.13. The minimum absolute atomic E-state index is 0.196. The molecule has 1 aromatic heterocycles. The molecule has 6 heteroatoms. The zero-order valence-corrected chi connectivity index (χ0v) is 17.9. The number of halogens is 2. The van der Waals surface area contributed by atoms with E-state index in [9.17, 15) is 0 Å². The molecule has 4 atom stereocenters. The lowest BCUT2D eigenvalue weighted by molar-refractivity contribution is 0.120. The van der Waals surface area contributed by atoms with Gasteiger partial charge in [-0.05, 0) is 74.2 Å². The van der Waals surface area contributed by atoms with Crippen LogP contribution in [-0.2, 0) is 0 Å². The van der Waals surface area contributed by atoms with Crippen LogP contribution in [-0.4, -0.2) is 34.2 Å². The largest absolute Gasteiger partial charge is 0.339 e. The second-order valence-corrected chi connectivity index (χ2v) is 9.20. The molecule has 0 amide bonds. The molecule has 2 aromatic carbocycles. The van der Waals surface area contributed by atoms with E-state index < -0.39 is 0 Å². The van der Waals surface area contributed by atoms with Crippen molar-refractivity contribution < 1.29 is 4.52 Å². The van der Waals surface area contributed by atoms with Crippen molar-refractivity contribution in [2.75, 3.05) is 7.05 Å². The second kappa shape index (κ2) is 7.29. The van der Waals surface area contributed by atoms with Gasteiger partial charge in [-0.3, -0.25) is 4.90 Å². The highest BCUT2D eigenvalue weighted by Gasteiger charge is 2.48. The molecule has 5 rings (SSSR count). The van der Waals surface area contributed by atoms with E-state index in [1.807, 2.05) is 36.4 Å². The Morgan fingerprint density at radius 3 is 2.57 bits per heavy atom. The minimum Gasteiger partial charge on any atom is -0.339 e. The van der Waals surface area contributed by atoms with Gasteiger partial charge in [0.25, 0.3) is 0 Å². The van der Waals surface area contributed by atoms with Gasteiger partial charge in [0, 0.05) is 27.1 Å². The molecular formula is C22H21BrClN3O. The summed E-state index contributed by atoms with van der Waals surface area (Å²) in [6, 6.07) is 17.3. The zero-order valence-electron chi connectivity index (χ0n) is 15.6. The smallest absolute Gasteiger partial charge is 0.232 e. The second-order valence-electron chi connectivity index (χ2n) is 7.85. The number of nitrogens with zero attached hydrogens (tertiary/aromatic N) is 3. The minimum atomic E-state index is 0.196. The van der Waals surface area contributed by atoms with Gasteiger partial charge in [0.2, 0.25) is 11.7 Å². The maximum absolute atomic E-state index is 6.13. The van der Waals surface area contributed by atoms with E-state index in [0.29, 0.717) is 23.8 Å². The summed E-state index contributed by atoms with van der Waals surface area (Å²) in [5.41, 5.74) is 2.28. The van der Waals surface area contributed by atoms with E-state index >= 15 is 0 Å². The number of fused-ring (bicyclic) bond motifs is 2. The molecule has 0 radical (unpaired) electrons. The zero-order chi connectivity index (χ0) is 19.3. The lowest BCUT2D eigenvalue weighted by Gasteiger charge is -2.41. The van der Waals surface area contributed by atoms with Crippen molar-refractivity contribution in [2.45, 2.75) is 43.2 Å². The van der Waals surface area contributed by atoms with Crippen LogP contribution in [0.4, 0.5) is 0 Å². The predicted octanol–water partition coefficient (Wildman–Crippen LogP) is 5.89. The van der Waals surface area contributed by atoms with Crippen molar-refractivity contribution in [1.29, 1.82) is 0 Å². The fourth-order valence-corrected chi connectivity index (χ4v) is 5.33. The highest BCUT2D eigenvalue weighted by molar-refractivity contribution is 9.10. The Balaban J connectivity index is 1.53. The van der Waals surface area contributed by atoms with Crippen molar-refractivity contribution >= 4 is 27.5 Å². The Hall–Kier alpha value is -1.69. The molecule has 2 saturated heterocycles. The fraction of sp³-hybridized carbons (Fsp3) is 0.364. The molecule has 2 bridgehead atoms. The van der Waals surface area contributed by atoms with Crippen LogP contribution in [0, 0.1) is 0 Å². The summed E-state index contributed by atoms with van der Waals surface area (Å²) in [6.07, 6.45) is 3.51. The first-order valence-corrected chi connectivity index (χ1v) is 10.8. The Labute approximate surface area is 178 Å². The molecule has 0 aliphatic carbocycles. The first-order valence-electron chi connectivity index (χ1n) is 9.67. The Morgan fingerprint density at radius 2 is 1.82 bits per heavy atom. The van der Waals surface area contributed by atoms with Gasteiger partial charge in [-0.25, -0.2) is 0 Å². The van der Waals surface area contributed by atoms with E-state index in [2.05, 4.69) is 45.2 Å². The lowest BCUT2D eigenvalue weighted by atomic mass is 9.76. The van der Waals surface area contributed by atoms with E-state index in [0.717, 1.165) is 27.4 Å². The molecule has 2 aliphatic rings. The summed E-state index contributed by atoms with van der Waals surface area (Å²) >= 11 is 9.60. The topological polar surface area (TPSA) is 42.2 Å². The van der Waals surface area contributed by atoms with Crippen LogP contribution in [0.5, 0.6) is 0 Å². The highest BCUT2D eigenvalue weighted by Crippen LogP contribution is 2.50. The van der Waals surface area contributed by atoms with Gasteiger partial charge in [0.15, 0.2) is 0 Å². The number of benzene rings is 2. The molecule has 0 N–H and O–H groups in total. The fourth-order valence-electron chi connectivity index (χ4n) is 4.94. The number of hydrogen-bond acceptors (Lipinski definition) is 4. The molecule has 0 saturated carbocycles. The van der Waals surface area contributed by atoms with Gasteiger partial charge < -0.3 is 4.52 Å². The maximum Gasteiger partial charge on any atom is 0.232 e. The van der Waals surface area contributed by atoms with Gasteiger partial charge in [-0.15, -0.1) is 0 Å². The monoisotopic (exact) mass is 457 g/mol. The average molecular weight is 459 g/mol. The summed E-state index contributed by atoms with van der Waals surface area (Å²) in [4.78, 5) is 7.35. The molecule has 2 fully saturated rings. The van der Waals surface area contributed by atoms with Gasteiger partial charge >= 0.3 is 0 Å². The standard InChI is InChI=1S/C22H21BrClN3O/c1-27-17-10-11-19(27)20(18(12-17)13-4-8-16(24)9-5-13)22-25-21(26-28-22)14-2-6-15(23)7-3-14/h2-9,17-20H,10-12H2,1H3/t17-,18+,19+,20-/m0/s1. The van der Waals surface area contributed by atoms with Gasteiger partial charge in [0.05, 0.1) is 5.92 Å². The Morgan fingerprint density at radius 1 is 1.07 bits per heavy atom. The van der Waals surface area contributed by atoms with Gasteiger partial charge in [-0.2, -0.15) is 4.98 Å². The van der Waals surface area contributed by atoms with Crippen LogP contribution < -0.4 is 0 Å². The first kappa shape index (κ1) is 18.3. The van der Waals surface area contributed by atoms with Crippen LogP contribution in [0.3, 0.4) is 0 Å². The number of likely N-dealkylation sites (N-methyl/N-ethyl adjacent to an activating group) is 1. The average Bonchev–Trinajstić information content (AvgIpc) is 3.26. The summed E-state index contributed by atoms with van der Waals surface area (Å²) in [5, 5.41) is 5.07. The van der Waals surface area contributed by atoms with Crippen LogP contribution in [0.25, 0.3) is 11.4 Å². The van der Waals surface area contributed by atoms with Crippen LogP contribution >= 0.6 is 27.5 Å². The summed E-state index contributed by atoms with van der Waals surface area (Å²) < 4.78 is 6.87. The number of rotatable bonds is 3. The third kappa shape index (κ3) is 3.19. The highest BCUT2D eigenvalue weighted by atomic mass is 79.9. The summed E-state index contributed by atoms with van der Waals surface area (Å²) in [7, 11) is 2.24. The van der Waals surface area contributed by atoms with Crippen molar-refractivity contribution in [3.8, 4) is 11.4 Å². The van der Waals surface area contributed by atoms with Crippen LogP contribution in [0.1, 0.15) is 42.6 Å². The molecule has 2 aliphatic heterocycles. The van der Waals surface area contributed by atoms with Crippen molar-refractivity contribution in [3.63, 3.8) is 0 Å².